The fourth-order valence-corrected chi connectivity index (χ4v) is 2.24. The molecule has 142 valence electrons. The molecule has 0 aliphatic heterocycles. The number of guanidine groups is 1. The van der Waals surface area contributed by atoms with Crippen LogP contribution in [0.4, 0.5) is 0 Å². The van der Waals surface area contributed by atoms with E-state index in [9.17, 15) is 9.90 Å². The van der Waals surface area contributed by atoms with Gasteiger partial charge in [0.25, 0.3) is 0 Å². The van der Waals surface area contributed by atoms with Crippen molar-refractivity contribution in [2.24, 2.45) is 4.99 Å². The Balaban J connectivity index is 0.00000576. The van der Waals surface area contributed by atoms with Crippen LogP contribution in [0.1, 0.15) is 37.7 Å². The van der Waals surface area contributed by atoms with Gasteiger partial charge in [0.1, 0.15) is 0 Å². The predicted molar refractivity (Wildman–Crippen MR) is 112 cm³/mol. The second kappa shape index (κ2) is 14.9. The first-order valence-electron chi connectivity index (χ1n) is 8.46. The van der Waals surface area contributed by atoms with Crippen LogP contribution in [0.5, 0.6) is 0 Å². The van der Waals surface area contributed by atoms with E-state index in [1.165, 1.54) is 7.11 Å². The molecule has 7 heteroatoms. The molecule has 1 unspecified atom stereocenters. The molecule has 0 spiro atoms. The van der Waals surface area contributed by atoms with Gasteiger partial charge in [-0.2, -0.15) is 0 Å². The molecule has 0 fully saturated rings. The first-order chi connectivity index (χ1) is 11.7. The van der Waals surface area contributed by atoms with E-state index >= 15 is 0 Å². The molecule has 1 rings (SSSR count). The lowest BCUT2D eigenvalue weighted by atomic mass is 10.0. The number of benzene rings is 1. The summed E-state index contributed by atoms with van der Waals surface area (Å²) in [5.74, 6) is 0.537. The normalized spacial score (nSPS) is 12.0. The van der Waals surface area contributed by atoms with Crippen LogP contribution >= 0.6 is 24.0 Å². The van der Waals surface area contributed by atoms with Crippen LogP contribution in [-0.2, 0) is 9.53 Å². The van der Waals surface area contributed by atoms with E-state index < -0.39 is 0 Å². The van der Waals surface area contributed by atoms with Crippen LogP contribution in [0.3, 0.4) is 0 Å². The SMILES string of the molecule is CCNC(=NCC(CO)c1ccccc1)NCCCCC(=O)OC.I. The molecular weight excluding hydrogens is 433 g/mol. The van der Waals surface area contributed by atoms with Crippen molar-refractivity contribution in [3.05, 3.63) is 35.9 Å². The molecule has 6 nitrogen and oxygen atoms in total. The van der Waals surface area contributed by atoms with Crippen molar-refractivity contribution in [2.75, 3.05) is 33.4 Å². The molecule has 0 saturated heterocycles. The van der Waals surface area contributed by atoms with Gasteiger partial charge in [-0.3, -0.25) is 9.79 Å². The summed E-state index contributed by atoms with van der Waals surface area (Å²) in [5, 5.41) is 16.0. The largest absolute Gasteiger partial charge is 0.469 e. The average molecular weight is 463 g/mol. The molecule has 25 heavy (non-hydrogen) atoms. The molecule has 1 atom stereocenters. The highest BCUT2D eigenvalue weighted by Gasteiger charge is 2.10. The zero-order valence-electron chi connectivity index (χ0n) is 15.0. The summed E-state index contributed by atoms with van der Waals surface area (Å²) in [6.07, 6.45) is 2.08. The van der Waals surface area contributed by atoms with Crippen LogP contribution in [0.15, 0.2) is 35.3 Å². The van der Waals surface area contributed by atoms with Crippen molar-refractivity contribution < 1.29 is 14.6 Å². The summed E-state index contributed by atoms with van der Waals surface area (Å²) < 4.78 is 4.62. The van der Waals surface area contributed by atoms with Crippen LogP contribution in [-0.4, -0.2) is 50.4 Å². The van der Waals surface area contributed by atoms with Crippen LogP contribution < -0.4 is 10.6 Å². The Kier molecular flexibility index (Phi) is 14.1. The monoisotopic (exact) mass is 463 g/mol. The molecule has 3 N–H and O–H groups in total. The van der Waals surface area contributed by atoms with Crippen molar-refractivity contribution >= 4 is 35.9 Å². The third-order valence-corrected chi connectivity index (χ3v) is 3.63. The van der Waals surface area contributed by atoms with Gasteiger partial charge in [0.2, 0.25) is 0 Å². The molecular formula is C18H30IN3O3. The van der Waals surface area contributed by atoms with Crippen LogP contribution in [0.25, 0.3) is 0 Å². The number of unbranched alkanes of at least 4 members (excludes halogenated alkanes) is 1. The Hall–Kier alpha value is -1.35. The smallest absolute Gasteiger partial charge is 0.305 e. The first kappa shape index (κ1) is 23.6. The molecule has 0 heterocycles. The zero-order valence-corrected chi connectivity index (χ0v) is 17.4. The number of aliphatic imine (C=N–C) groups is 1. The van der Waals surface area contributed by atoms with Gasteiger partial charge in [0.05, 0.1) is 20.3 Å². The Morgan fingerprint density at radius 3 is 2.56 bits per heavy atom. The third-order valence-electron chi connectivity index (χ3n) is 3.63. The number of carbonyl (C=O) groups is 1. The van der Waals surface area contributed by atoms with E-state index in [0.717, 1.165) is 37.5 Å². The van der Waals surface area contributed by atoms with Crippen LogP contribution in [0, 0.1) is 0 Å². The maximum Gasteiger partial charge on any atom is 0.305 e. The van der Waals surface area contributed by atoms with Gasteiger partial charge >= 0.3 is 5.97 Å². The lowest BCUT2D eigenvalue weighted by Crippen LogP contribution is -2.38. The minimum Gasteiger partial charge on any atom is -0.469 e. The Bertz CT molecular complexity index is 498. The predicted octanol–water partition coefficient (Wildman–Crippen LogP) is 2.28. The zero-order chi connectivity index (χ0) is 17.6. The van der Waals surface area contributed by atoms with Crippen molar-refractivity contribution in [2.45, 2.75) is 32.1 Å². The van der Waals surface area contributed by atoms with E-state index in [-0.39, 0.29) is 42.5 Å². The van der Waals surface area contributed by atoms with Gasteiger partial charge in [-0.05, 0) is 25.3 Å². The minimum absolute atomic E-state index is 0. The summed E-state index contributed by atoms with van der Waals surface area (Å²) >= 11 is 0. The number of aliphatic hydroxyl groups excluding tert-OH is 1. The molecule has 0 aliphatic carbocycles. The molecule has 0 bridgehead atoms. The molecule has 0 amide bonds. The van der Waals surface area contributed by atoms with Crippen molar-refractivity contribution in [1.82, 2.24) is 10.6 Å². The number of nitrogens with zero attached hydrogens (tertiary/aromatic N) is 1. The first-order valence-corrected chi connectivity index (χ1v) is 8.46. The number of halogens is 1. The summed E-state index contributed by atoms with van der Waals surface area (Å²) in [6, 6.07) is 9.90. The molecule has 0 radical (unpaired) electrons. The highest BCUT2D eigenvalue weighted by atomic mass is 127. The Morgan fingerprint density at radius 1 is 1.24 bits per heavy atom. The highest BCUT2D eigenvalue weighted by Crippen LogP contribution is 2.14. The molecule has 1 aromatic rings. The number of esters is 1. The summed E-state index contributed by atoms with van der Waals surface area (Å²) in [5.41, 5.74) is 1.08. The Labute approximate surface area is 167 Å². The Morgan fingerprint density at radius 2 is 1.96 bits per heavy atom. The van der Waals surface area contributed by atoms with E-state index in [1.807, 2.05) is 37.3 Å². The third kappa shape index (κ3) is 10.3. The van der Waals surface area contributed by atoms with Crippen molar-refractivity contribution in [1.29, 1.82) is 0 Å². The van der Waals surface area contributed by atoms with Crippen LogP contribution in [0.2, 0.25) is 0 Å². The summed E-state index contributed by atoms with van der Waals surface area (Å²) in [7, 11) is 1.40. The second-order valence-electron chi connectivity index (χ2n) is 5.47. The molecule has 0 aliphatic rings. The van der Waals surface area contributed by atoms with Crippen molar-refractivity contribution in [3.63, 3.8) is 0 Å². The molecule has 0 saturated carbocycles. The number of rotatable bonds is 10. The number of aliphatic hydroxyl groups is 1. The van der Waals surface area contributed by atoms with E-state index in [2.05, 4.69) is 20.4 Å². The van der Waals surface area contributed by atoms with Gasteiger partial charge in [-0.15, -0.1) is 24.0 Å². The number of carbonyl (C=O) groups excluding carboxylic acids is 1. The highest BCUT2D eigenvalue weighted by molar-refractivity contribution is 14.0. The number of ether oxygens (including phenoxy) is 1. The quantitative estimate of drug-likeness (QED) is 0.163. The minimum atomic E-state index is -0.177. The maximum absolute atomic E-state index is 11.1. The van der Waals surface area contributed by atoms with E-state index in [1.54, 1.807) is 0 Å². The molecule has 1 aromatic carbocycles. The van der Waals surface area contributed by atoms with Crippen molar-refractivity contribution in [3.8, 4) is 0 Å². The maximum atomic E-state index is 11.1. The standard InChI is InChI=1S/C18H29N3O3.HI/c1-3-19-18(20-12-8-7-11-17(23)24-2)21-13-16(14-22)15-9-5-4-6-10-15;/h4-6,9-10,16,22H,3,7-8,11-14H2,1-2H3,(H2,19,20,21);1H. The number of hydrogen-bond donors (Lipinski definition) is 3. The summed E-state index contributed by atoms with van der Waals surface area (Å²) in [6.45, 7) is 4.08. The van der Waals surface area contributed by atoms with E-state index in [4.69, 9.17) is 0 Å². The number of methoxy groups -OCH3 is 1. The number of nitrogens with one attached hydrogen (secondary N) is 2. The van der Waals surface area contributed by atoms with Gasteiger partial charge in [-0.1, -0.05) is 30.3 Å². The fourth-order valence-electron chi connectivity index (χ4n) is 2.24. The van der Waals surface area contributed by atoms with Gasteiger partial charge < -0.3 is 20.5 Å². The number of hydrogen-bond acceptors (Lipinski definition) is 4. The topological polar surface area (TPSA) is 83.0 Å². The fraction of sp³-hybridized carbons (Fsp3) is 0.556. The lowest BCUT2D eigenvalue weighted by molar-refractivity contribution is -0.140. The lowest BCUT2D eigenvalue weighted by Gasteiger charge is -2.15. The summed E-state index contributed by atoms with van der Waals surface area (Å²) in [4.78, 5) is 15.6. The van der Waals surface area contributed by atoms with E-state index in [0.29, 0.717) is 13.0 Å². The van der Waals surface area contributed by atoms with Gasteiger partial charge in [-0.25, -0.2) is 0 Å². The molecule has 0 aromatic heterocycles. The van der Waals surface area contributed by atoms with Gasteiger partial charge in [0.15, 0.2) is 5.96 Å². The van der Waals surface area contributed by atoms with Gasteiger partial charge in [0, 0.05) is 25.4 Å². The second-order valence-corrected chi connectivity index (χ2v) is 5.47. The average Bonchev–Trinajstić information content (AvgIpc) is 2.62.